The van der Waals surface area contributed by atoms with Crippen LogP contribution in [-0.2, 0) is 4.74 Å². The smallest absolute Gasteiger partial charge is 0.449 e. The Hall–Kier alpha value is -1.44. The number of alkyl halides is 3. The van der Waals surface area contributed by atoms with E-state index in [0.717, 1.165) is 0 Å². The molecule has 1 saturated heterocycles. The second-order valence-corrected chi connectivity index (χ2v) is 4.81. The molecule has 19 heavy (non-hydrogen) atoms. The van der Waals surface area contributed by atoms with Gasteiger partial charge in [-0.3, -0.25) is 0 Å². The lowest BCUT2D eigenvalue weighted by atomic mass is 10.0. The summed E-state index contributed by atoms with van der Waals surface area (Å²) in [7, 11) is 0. The van der Waals surface area contributed by atoms with Gasteiger partial charge in [-0.15, -0.1) is 13.2 Å². The molecule has 1 aromatic rings. The summed E-state index contributed by atoms with van der Waals surface area (Å²) in [4.78, 5) is 11.1. The Morgan fingerprint density at radius 1 is 1.37 bits per heavy atom. The SMILES string of the molecule is O=C1N[C@@H](c2cc(Br)cc(OC(F)(F)F)c2)CCO1. The first-order valence-electron chi connectivity index (χ1n) is 5.33. The van der Waals surface area contributed by atoms with E-state index < -0.39 is 18.5 Å². The number of carbonyl (C=O) groups excluding carboxylic acids is 1. The molecule has 1 aromatic carbocycles. The van der Waals surface area contributed by atoms with Crippen LogP contribution < -0.4 is 10.1 Å². The number of nitrogens with one attached hydrogen (secondary N) is 1. The van der Waals surface area contributed by atoms with Gasteiger partial charge in [0, 0.05) is 10.9 Å². The minimum Gasteiger partial charge on any atom is -0.449 e. The van der Waals surface area contributed by atoms with E-state index >= 15 is 0 Å². The molecule has 1 aliphatic rings. The van der Waals surface area contributed by atoms with Gasteiger partial charge in [0.15, 0.2) is 0 Å². The zero-order valence-electron chi connectivity index (χ0n) is 9.46. The van der Waals surface area contributed by atoms with Crippen LogP contribution in [0.25, 0.3) is 0 Å². The summed E-state index contributed by atoms with van der Waals surface area (Å²) in [5, 5.41) is 2.53. The molecule has 1 heterocycles. The first-order chi connectivity index (χ1) is 8.83. The van der Waals surface area contributed by atoms with E-state index in [2.05, 4.69) is 26.0 Å². The molecule has 0 spiro atoms. The van der Waals surface area contributed by atoms with Crippen molar-refractivity contribution < 1.29 is 27.4 Å². The van der Waals surface area contributed by atoms with Crippen molar-refractivity contribution in [2.75, 3.05) is 6.61 Å². The number of halogens is 4. The molecular formula is C11H9BrF3NO3. The average molecular weight is 340 g/mol. The van der Waals surface area contributed by atoms with Crippen molar-refractivity contribution in [3.63, 3.8) is 0 Å². The maximum absolute atomic E-state index is 12.2. The third-order valence-corrected chi connectivity index (χ3v) is 2.92. The van der Waals surface area contributed by atoms with Crippen LogP contribution in [0, 0.1) is 0 Å². The Labute approximate surface area is 115 Å². The van der Waals surface area contributed by atoms with Crippen LogP contribution in [0.3, 0.4) is 0 Å². The normalized spacial score (nSPS) is 19.6. The van der Waals surface area contributed by atoms with Crippen LogP contribution in [0.4, 0.5) is 18.0 Å². The van der Waals surface area contributed by atoms with Crippen molar-refractivity contribution >= 4 is 22.0 Å². The molecule has 0 bridgehead atoms. The van der Waals surface area contributed by atoms with Crippen LogP contribution >= 0.6 is 15.9 Å². The molecule has 0 unspecified atom stereocenters. The molecule has 8 heteroatoms. The second-order valence-electron chi connectivity index (χ2n) is 3.89. The van der Waals surface area contributed by atoms with Crippen LogP contribution in [-0.4, -0.2) is 19.1 Å². The summed E-state index contributed by atoms with van der Waals surface area (Å²) in [6.45, 7) is 0.221. The lowest BCUT2D eigenvalue weighted by molar-refractivity contribution is -0.274. The molecule has 0 saturated carbocycles. The van der Waals surface area contributed by atoms with Gasteiger partial charge in [0.2, 0.25) is 0 Å². The largest absolute Gasteiger partial charge is 0.573 e. The predicted octanol–water partition coefficient (Wildman–Crippen LogP) is 3.52. The highest BCUT2D eigenvalue weighted by Crippen LogP contribution is 2.31. The van der Waals surface area contributed by atoms with Crippen molar-refractivity contribution in [2.45, 2.75) is 18.8 Å². The maximum atomic E-state index is 12.2. The number of alkyl carbamates (subject to hydrolysis) is 1. The summed E-state index contributed by atoms with van der Waals surface area (Å²) in [6, 6.07) is 3.68. The second kappa shape index (κ2) is 5.28. The highest BCUT2D eigenvalue weighted by Gasteiger charge is 2.31. The van der Waals surface area contributed by atoms with Gasteiger partial charge in [0.1, 0.15) is 5.75 Å². The number of hydrogen-bond donors (Lipinski definition) is 1. The Balaban J connectivity index is 2.23. The van der Waals surface area contributed by atoms with E-state index in [9.17, 15) is 18.0 Å². The van der Waals surface area contributed by atoms with Gasteiger partial charge in [0.25, 0.3) is 0 Å². The summed E-state index contributed by atoms with van der Waals surface area (Å²) < 4.78 is 45.5. The third-order valence-electron chi connectivity index (χ3n) is 2.46. The van der Waals surface area contributed by atoms with Crippen LogP contribution in [0.5, 0.6) is 5.75 Å². The number of carbonyl (C=O) groups is 1. The quantitative estimate of drug-likeness (QED) is 0.896. The molecule has 1 N–H and O–H groups in total. The van der Waals surface area contributed by atoms with Gasteiger partial charge in [-0.1, -0.05) is 15.9 Å². The van der Waals surface area contributed by atoms with Crippen molar-refractivity contribution in [1.29, 1.82) is 0 Å². The molecule has 0 radical (unpaired) electrons. The maximum Gasteiger partial charge on any atom is 0.573 e. The van der Waals surface area contributed by atoms with E-state index in [-0.39, 0.29) is 12.4 Å². The zero-order valence-corrected chi connectivity index (χ0v) is 11.0. The van der Waals surface area contributed by atoms with Gasteiger partial charge in [-0.2, -0.15) is 0 Å². The minimum atomic E-state index is -4.75. The monoisotopic (exact) mass is 339 g/mol. The number of ether oxygens (including phenoxy) is 2. The molecule has 1 fully saturated rings. The molecule has 2 rings (SSSR count). The van der Waals surface area contributed by atoms with Crippen molar-refractivity contribution in [3.8, 4) is 5.75 Å². The van der Waals surface area contributed by atoms with Crippen molar-refractivity contribution in [2.24, 2.45) is 0 Å². The number of hydrogen-bond acceptors (Lipinski definition) is 3. The molecule has 0 aromatic heterocycles. The zero-order chi connectivity index (χ0) is 14.0. The number of rotatable bonds is 2. The van der Waals surface area contributed by atoms with E-state index in [1.165, 1.54) is 12.1 Å². The average Bonchev–Trinajstić information content (AvgIpc) is 2.25. The fourth-order valence-electron chi connectivity index (χ4n) is 1.75. The van der Waals surface area contributed by atoms with Gasteiger partial charge in [-0.25, -0.2) is 4.79 Å². The predicted molar refractivity (Wildman–Crippen MR) is 62.7 cm³/mol. The van der Waals surface area contributed by atoms with E-state index in [4.69, 9.17) is 4.74 Å². The van der Waals surface area contributed by atoms with Crippen LogP contribution in [0.1, 0.15) is 18.0 Å². The highest BCUT2D eigenvalue weighted by molar-refractivity contribution is 9.10. The third kappa shape index (κ3) is 4.02. The first kappa shape index (κ1) is 14.0. The van der Waals surface area contributed by atoms with E-state index in [1.54, 1.807) is 6.07 Å². The van der Waals surface area contributed by atoms with Gasteiger partial charge in [-0.05, 0) is 23.8 Å². The van der Waals surface area contributed by atoms with Crippen molar-refractivity contribution in [1.82, 2.24) is 5.32 Å². The molecular weight excluding hydrogens is 331 g/mol. The molecule has 4 nitrogen and oxygen atoms in total. The molecule has 1 amide bonds. The summed E-state index contributed by atoms with van der Waals surface area (Å²) in [5.41, 5.74) is 0.519. The standard InChI is InChI=1S/C11H9BrF3NO3/c12-7-3-6(9-1-2-18-10(17)16-9)4-8(5-7)19-11(13,14)15/h3-5,9H,1-2H2,(H,16,17)/t9-/m1/s1. The van der Waals surface area contributed by atoms with Gasteiger partial charge < -0.3 is 14.8 Å². The van der Waals surface area contributed by atoms with Gasteiger partial charge in [0.05, 0.1) is 12.6 Å². The van der Waals surface area contributed by atoms with E-state index in [1.807, 2.05) is 0 Å². The van der Waals surface area contributed by atoms with Crippen LogP contribution in [0.15, 0.2) is 22.7 Å². The number of benzene rings is 1. The molecule has 1 aliphatic heterocycles. The van der Waals surface area contributed by atoms with Crippen LogP contribution in [0.2, 0.25) is 0 Å². The molecule has 1 atom stereocenters. The fourth-order valence-corrected chi connectivity index (χ4v) is 2.24. The number of cyclic esters (lactones) is 1. The Morgan fingerprint density at radius 3 is 2.74 bits per heavy atom. The minimum absolute atomic E-state index is 0.221. The first-order valence-corrected chi connectivity index (χ1v) is 6.12. The van der Waals surface area contributed by atoms with Crippen molar-refractivity contribution in [3.05, 3.63) is 28.2 Å². The fraction of sp³-hybridized carbons (Fsp3) is 0.364. The lowest BCUT2D eigenvalue weighted by Gasteiger charge is -2.24. The Bertz CT molecular complexity index is 493. The molecule has 0 aliphatic carbocycles. The Morgan fingerprint density at radius 2 is 2.11 bits per heavy atom. The van der Waals surface area contributed by atoms with E-state index in [0.29, 0.717) is 16.5 Å². The summed E-state index contributed by atoms with van der Waals surface area (Å²) in [5.74, 6) is -0.336. The summed E-state index contributed by atoms with van der Waals surface area (Å²) >= 11 is 3.11. The summed E-state index contributed by atoms with van der Waals surface area (Å²) in [6.07, 6.45) is -4.86. The molecule has 104 valence electrons. The van der Waals surface area contributed by atoms with Gasteiger partial charge >= 0.3 is 12.5 Å². The lowest BCUT2D eigenvalue weighted by Crippen LogP contribution is -2.35. The topological polar surface area (TPSA) is 47.6 Å². The Kier molecular flexibility index (Phi) is 3.88. The highest BCUT2D eigenvalue weighted by atomic mass is 79.9. The number of amides is 1.